The Morgan fingerprint density at radius 2 is 1.91 bits per heavy atom. The van der Waals surface area contributed by atoms with Gasteiger partial charge in [0.25, 0.3) is 5.91 Å². The topological polar surface area (TPSA) is 95.5 Å². The number of thiophene rings is 1. The van der Waals surface area contributed by atoms with Gasteiger partial charge in [0, 0.05) is 23.5 Å². The monoisotopic (exact) mass is 330 g/mol. The maximum absolute atomic E-state index is 12.0. The van der Waals surface area contributed by atoms with Gasteiger partial charge in [0.2, 0.25) is 5.91 Å². The van der Waals surface area contributed by atoms with Crippen LogP contribution in [0.4, 0.5) is 11.4 Å². The molecule has 1 aromatic carbocycles. The van der Waals surface area contributed by atoms with E-state index in [0.717, 1.165) is 17.7 Å². The highest BCUT2D eigenvalue weighted by Crippen LogP contribution is 2.21. The Labute approximate surface area is 136 Å². The van der Waals surface area contributed by atoms with Crippen LogP contribution in [0.25, 0.3) is 0 Å². The number of benzene rings is 1. The molecule has 23 heavy (non-hydrogen) atoms. The van der Waals surface area contributed by atoms with Gasteiger partial charge in [-0.15, -0.1) is 11.3 Å². The number of hydrogen-bond donors (Lipinski definition) is 3. The van der Waals surface area contributed by atoms with Crippen molar-refractivity contribution in [2.75, 3.05) is 10.6 Å². The summed E-state index contributed by atoms with van der Waals surface area (Å²) in [6.45, 7) is 1.79. The Morgan fingerprint density at radius 1 is 1.13 bits per heavy atom. The molecular formula is C16H14N2O4S. The SMILES string of the molecule is Cc1ccc(NC(=O)c2cccs2)cc1NC(=O)/C=C/C(=O)O. The van der Waals surface area contributed by atoms with E-state index in [4.69, 9.17) is 5.11 Å². The lowest BCUT2D eigenvalue weighted by Crippen LogP contribution is -2.12. The molecule has 2 aromatic rings. The van der Waals surface area contributed by atoms with E-state index in [1.807, 2.05) is 5.38 Å². The lowest BCUT2D eigenvalue weighted by atomic mass is 10.1. The van der Waals surface area contributed by atoms with Crippen LogP contribution in [-0.4, -0.2) is 22.9 Å². The summed E-state index contributed by atoms with van der Waals surface area (Å²) >= 11 is 1.33. The molecular weight excluding hydrogens is 316 g/mol. The summed E-state index contributed by atoms with van der Waals surface area (Å²) in [4.78, 5) is 34.6. The number of aliphatic carboxylic acids is 1. The van der Waals surface area contributed by atoms with Crippen LogP contribution in [0.3, 0.4) is 0 Å². The van der Waals surface area contributed by atoms with Crippen LogP contribution in [0.2, 0.25) is 0 Å². The molecule has 7 heteroatoms. The molecule has 3 N–H and O–H groups in total. The third-order valence-corrected chi connectivity index (χ3v) is 3.74. The summed E-state index contributed by atoms with van der Waals surface area (Å²) in [5, 5.41) is 15.6. The van der Waals surface area contributed by atoms with Crippen molar-refractivity contribution in [1.82, 2.24) is 0 Å². The van der Waals surface area contributed by atoms with Crippen molar-refractivity contribution < 1.29 is 19.5 Å². The van der Waals surface area contributed by atoms with Crippen molar-refractivity contribution in [3.05, 3.63) is 58.3 Å². The third kappa shape index (κ3) is 4.79. The van der Waals surface area contributed by atoms with Crippen molar-refractivity contribution in [3.8, 4) is 0 Å². The normalized spacial score (nSPS) is 10.5. The highest BCUT2D eigenvalue weighted by atomic mass is 32.1. The summed E-state index contributed by atoms with van der Waals surface area (Å²) in [7, 11) is 0. The number of aryl methyl sites for hydroxylation is 1. The quantitative estimate of drug-likeness (QED) is 0.735. The first-order chi connectivity index (χ1) is 11.0. The van der Waals surface area contributed by atoms with E-state index in [-0.39, 0.29) is 5.91 Å². The second-order valence-corrected chi connectivity index (χ2v) is 5.57. The number of carbonyl (C=O) groups is 3. The smallest absolute Gasteiger partial charge is 0.328 e. The zero-order valence-corrected chi connectivity index (χ0v) is 13.0. The van der Waals surface area contributed by atoms with Gasteiger partial charge in [0.15, 0.2) is 0 Å². The largest absolute Gasteiger partial charge is 0.478 e. The lowest BCUT2D eigenvalue weighted by Gasteiger charge is -2.10. The van der Waals surface area contributed by atoms with Crippen molar-refractivity contribution in [2.45, 2.75) is 6.92 Å². The minimum atomic E-state index is -1.20. The van der Waals surface area contributed by atoms with Crippen LogP contribution < -0.4 is 10.6 Å². The summed E-state index contributed by atoms with van der Waals surface area (Å²) < 4.78 is 0. The summed E-state index contributed by atoms with van der Waals surface area (Å²) in [5.74, 6) is -1.99. The second-order valence-electron chi connectivity index (χ2n) is 4.62. The number of hydrogen-bond acceptors (Lipinski definition) is 4. The van der Waals surface area contributed by atoms with Gasteiger partial charge in [-0.25, -0.2) is 4.79 Å². The van der Waals surface area contributed by atoms with Crippen LogP contribution >= 0.6 is 11.3 Å². The maximum atomic E-state index is 12.0. The maximum Gasteiger partial charge on any atom is 0.328 e. The van der Waals surface area contributed by atoms with E-state index in [0.29, 0.717) is 16.3 Å². The minimum absolute atomic E-state index is 0.230. The first kappa shape index (κ1) is 16.4. The molecule has 0 aliphatic heterocycles. The molecule has 1 aromatic heterocycles. The van der Waals surface area contributed by atoms with Crippen LogP contribution in [0.1, 0.15) is 15.2 Å². The highest BCUT2D eigenvalue weighted by molar-refractivity contribution is 7.12. The van der Waals surface area contributed by atoms with E-state index in [9.17, 15) is 14.4 Å². The third-order valence-electron chi connectivity index (χ3n) is 2.88. The molecule has 0 saturated heterocycles. The standard InChI is InChI=1S/C16H14N2O4S/c1-10-4-5-11(17-16(22)13-3-2-8-23-13)9-12(10)18-14(19)6-7-15(20)21/h2-9H,1H3,(H,17,22)(H,18,19)(H,20,21)/b7-6+. The Bertz CT molecular complexity index is 766. The Kier molecular flexibility index (Phi) is 5.27. The van der Waals surface area contributed by atoms with Crippen LogP contribution in [0, 0.1) is 6.92 Å². The number of carboxylic acid groups (broad SMARTS) is 1. The van der Waals surface area contributed by atoms with Crippen LogP contribution in [0.5, 0.6) is 0 Å². The fraction of sp³-hybridized carbons (Fsp3) is 0.0625. The van der Waals surface area contributed by atoms with Gasteiger partial charge in [-0.1, -0.05) is 12.1 Å². The molecule has 2 amide bonds. The summed E-state index contributed by atoms with van der Waals surface area (Å²) in [5.41, 5.74) is 1.82. The predicted molar refractivity (Wildman–Crippen MR) is 88.9 cm³/mol. The molecule has 0 aliphatic rings. The van der Waals surface area contributed by atoms with E-state index in [1.165, 1.54) is 11.3 Å². The van der Waals surface area contributed by atoms with Gasteiger partial charge in [-0.2, -0.15) is 0 Å². The molecule has 0 unspecified atom stereocenters. The van der Waals surface area contributed by atoms with Crippen molar-refractivity contribution in [1.29, 1.82) is 0 Å². The lowest BCUT2D eigenvalue weighted by molar-refractivity contribution is -0.131. The Hall–Kier alpha value is -2.93. The van der Waals surface area contributed by atoms with E-state index in [2.05, 4.69) is 10.6 Å². The number of anilines is 2. The Morgan fingerprint density at radius 3 is 2.57 bits per heavy atom. The average Bonchev–Trinajstić information content (AvgIpc) is 3.03. The first-order valence-electron chi connectivity index (χ1n) is 6.63. The number of carboxylic acids is 1. The summed E-state index contributed by atoms with van der Waals surface area (Å²) in [6, 6.07) is 8.60. The molecule has 6 nitrogen and oxygen atoms in total. The van der Waals surface area contributed by atoms with Crippen LogP contribution in [-0.2, 0) is 9.59 Å². The van der Waals surface area contributed by atoms with Gasteiger partial charge >= 0.3 is 5.97 Å². The molecule has 0 radical (unpaired) electrons. The van der Waals surface area contributed by atoms with E-state index < -0.39 is 11.9 Å². The van der Waals surface area contributed by atoms with E-state index >= 15 is 0 Å². The zero-order chi connectivity index (χ0) is 16.8. The fourth-order valence-electron chi connectivity index (χ4n) is 1.76. The molecule has 0 aliphatic carbocycles. The van der Waals surface area contributed by atoms with Crippen LogP contribution in [0.15, 0.2) is 47.9 Å². The number of rotatable bonds is 5. The van der Waals surface area contributed by atoms with Gasteiger partial charge < -0.3 is 15.7 Å². The van der Waals surface area contributed by atoms with Gasteiger partial charge in [-0.05, 0) is 36.1 Å². The number of nitrogens with one attached hydrogen (secondary N) is 2. The molecule has 0 spiro atoms. The van der Waals surface area contributed by atoms with Gasteiger partial charge in [0.1, 0.15) is 0 Å². The van der Waals surface area contributed by atoms with Crippen molar-refractivity contribution in [3.63, 3.8) is 0 Å². The van der Waals surface area contributed by atoms with E-state index in [1.54, 1.807) is 37.3 Å². The average molecular weight is 330 g/mol. The minimum Gasteiger partial charge on any atom is -0.478 e. The second kappa shape index (κ2) is 7.37. The zero-order valence-electron chi connectivity index (χ0n) is 12.2. The predicted octanol–water partition coefficient (Wildman–Crippen LogP) is 2.89. The summed E-state index contributed by atoms with van der Waals surface area (Å²) in [6.07, 6.45) is 1.69. The van der Waals surface area contributed by atoms with Crippen molar-refractivity contribution in [2.24, 2.45) is 0 Å². The molecule has 1 heterocycles. The Balaban J connectivity index is 2.11. The van der Waals surface area contributed by atoms with Gasteiger partial charge in [0.05, 0.1) is 4.88 Å². The molecule has 0 bridgehead atoms. The molecule has 0 atom stereocenters. The molecule has 118 valence electrons. The first-order valence-corrected chi connectivity index (χ1v) is 7.51. The fourth-order valence-corrected chi connectivity index (χ4v) is 2.38. The highest BCUT2D eigenvalue weighted by Gasteiger charge is 2.09. The van der Waals surface area contributed by atoms with Crippen molar-refractivity contribution >= 4 is 40.5 Å². The number of amides is 2. The number of carbonyl (C=O) groups excluding carboxylic acids is 2. The van der Waals surface area contributed by atoms with Gasteiger partial charge in [-0.3, -0.25) is 9.59 Å². The molecule has 2 rings (SSSR count). The molecule has 0 fully saturated rings. The molecule has 0 saturated carbocycles.